The number of anilines is 1. The summed E-state index contributed by atoms with van der Waals surface area (Å²) in [5.74, 6) is 0.130. The fourth-order valence-corrected chi connectivity index (χ4v) is 5.39. The van der Waals surface area contributed by atoms with Gasteiger partial charge in [-0.25, -0.2) is 0 Å². The molecule has 2 atom stereocenters. The Morgan fingerprint density at radius 1 is 1.11 bits per heavy atom. The van der Waals surface area contributed by atoms with E-state index in [2.05, 4.69) is 66.5 Å². The number of nitrogens with zero attached hydrogens (tertiary/aromatic N) is 1. The lowest BCUT2D eigenvalue weighted by Crippen LogP contribution is -2.46. The number of phenols is 1. The van der Waals surface area contributed by atoms with E-state index in [4.69, 9.17) is 5.73 Å². The molecule has 0 bridgehead atoms. The van der Waals surface area contributed by atoms with Crippen molar-refractivity contribution in [1.29, 1.82) is 0 Å². The molecule has 0 radical (unpaired) electrons. The molecule has 1 amide bonds. The number of carbonyl (C=O) groups excluding carboxylic acids is 1. The molecule has 4 N–H and O–H groups in total. The lowest BCUT2D eigenvalue weighted by Gasteiger charge is -2.36. The van der Waals surface area contributed by atoms with Crippen LogP contribution >= 0.6 is 0 Å². The van der Waals surface area contributed by atoms with Crippen LogP contribution in [0, 0.1) is 6.92 Å². The van der Waals surface area contributed by atoms with Gasteiger partial charge in [-0.1, -0.05) is 56.3 Å². The van der Waals surface area contributed by atoms with Gasteiger partial charge in [-0.05, 0) is 90.6 Å². The molecule has 3 aromatic carbocycles. The predicted octanol–water partition coefficient (Wildman–Crippen LogP) is 5.20. The second kappa shape index (κ2) is 11.6. The summed E-state index contributed by atoms with van der Waals surface area (Å²) in [6.45, 7) is 8.14. The number of rotatable bonds is 9. The Kier molecular flexibility index (Phi) is 8.32. The maximum atomic E-state index is 13.3. The average Bonchev–Trinajstić information content (AvgIpc) is 2.87. The smallest absolute Gasteiger partial charge is 0.237 e. The fraction of sp³-hybridized carbons (Fsp3) is 0.387. The van der Waals surface area contributed by atoms with E-state index >= 15 is 0 Å². The third kappa shape index (κ3) is 5.90. The monoisotopic (exact) mass is 485 g/mol. The molecule has 0 spiro atoms. The van der Waals surface area contributed by atoms with Crippen LogP contribution in [0.3, 0.4) is 0 Å². The van der Waals surface area contributed by atoms with Crippen LogP contribution in [0.5, 0.6) is 5.75 Å². The van der Waals surface area contributed by atoms with Crippen molar-refractivity contribution >= 4 is 11.6 Å². The van der Waals surface area contributed by atoms with Crippen molar-refractivity contribution in [2.45, 2.75) is 65.0 Å². The van der Waals surface area contributed by atoms with Gasteiger partial charge in [0.15, 0.2) is 0 Å². The Hall–Kier alpha value is -3.31. The summed E-state index contributed by atoms with van der Waals surface area (Å²) >= 11 is 0. The molecule has 5 nitrogen and oxygen atoms in total. The Balaban J connectivity index is 1.54. The van der Waals surface area contributed by atoms with Crippen molar-refractivity contribution in [3.63, 3.8) is 0 Å². The highest BCUT2D eigenvalue weighted by Gasteiger charge is 2.28. The minimum Gasteiger partial charge on any atom is -0.508 e. The summed E-state index contributed by atoms with van der Waals surface area (Å²) in [5, 5.41) is 13.2. The summed E-state index contributed by atoms with van der Waals surface area (Å²) in [6, 6.07) is 20.0. The van der Waals surface area contributed by atoms with Crippen LogP contribution in [0.4, 0.5) is 5.69 Å². The zero-order chi connectivity index (χ0) is 25.7. The predicted molar refractivity (Wildman–Crippen MR) is 148 cm³/mol. The zero-order valence-electron chi connectivity index (χ0n) is 21.8. The van der Waals surface area contributed by atoms with Crippen molar-refractivity contribution in [3.05, 3.63) is 94.0 Å². The van der Waals surface area contributed by atoms with E-state index in [9.17, 15) is 9.90 Å². The molecule has 0 aliphatic carbocycles. The Labute approximate surface area is 215 Å². The Morgan fingerprint density at radius 2 is 1.89 bits per heavy atom. The van der Waals surface area contributed by atoms with Gasteiger partial charge in [0, 0.05) is 18.8 Å². The van der Waals surface area contributed by atoms with E-state index in [0.29, 0.717) is 6.42 Å². The summed E-state index contributed by atoms with van der Waals surface area (Å²) < 4.78 is 0. The molecule has 1 aliphatic heterocycles. The van der Waals surface area contributed by atoms with Crippen LogP contribution in [0.25, 0.3) is 0 Å². The number of benzene rings is 3. The third-order valence-corrected chi connectivity index (χ3v) is 7.25. The number of fused-ring (bicyclic) bond motifs is 1. The number of phenolic OH excluding ortho intramolecular Hbond substituents is 1. The molecule has 0 fully saturated rings. The number of aryl methyl sites for hydroxylation is 2. The van der Waals surface area contributed by atoms with Crippen molar-refractivity contribution < 1.29 is 9.90 Å². The summed E-state index contributed by atoms with van der Waals surface area (Å²) in [4.78, 5) is 15.7. The maximum absolute atomic E-state index is 13.3. The van der Waals surface area contributed by atoms with Crippen LogP contribution in [-0.4, -0.2) is 30.1 Å². The molecule has 1 heterocycles. The topological polar surface area (TPSA) is 78.6 Å². The standard InChI is InChI=1S/C31H39N3O2/c1-4-14-34-15-13-29(27-18-23(11-12-30(27)34)17-22-9-7-6-8-10-22)33-31(36)28(32)20-26-21(3)16-25(35)19-24(26)5-2/h6-12,16,18-19,28-29,35H,4-5,13-15,17,20,32H2,1-3H3,(H,33,36)/t28-,29+/m0/s1. The lowest BCUT2D eigenvalue weighted by atomic mass is 9.91. The molecule has 0 aromatic heterocycles. The Morgan fingerprint density at radius 3 is 2.61 bits per heavy atom. The number of hydrogen-bond acceptors (Lipinski definition) is 4. The first-order valence-electron chi connectivity index (χ1n) is 13.2. The van der Waals surface area contributed by atoms with Gasteiger partial charge in [0.05, 0.1) is 12.1 Å². The van der Waals surface area contributed by atoms with Crippen LogP contribution in [0.1, 0.15) is 66.1 Å². The van der Waals surface area contributed by atoms with Crippen LogP contribution in [0.15, 0.2) is 60.7 Å². The average molecular weight is 486 g/mol. The number of carbonyl (C=O) groups is 1. The Bertz CT molecular complexity index is 1190. The highest BCUT2D eigenvalue weighted by atomic mass is 16.3. The molecule has 36 heavy (non-hydrogen) atoms. The molecule has 0 unspecified atom stereocenters. The molecule has 190 valence electrons. The number of nitrogens with two attached hydrogens (primary N) is 1. The first kappa shape index (κ1) is 25.8. The van der Waals surface area contributed by atoms with E-state index in [1.165, 1.54) is 22.4 Å². The molecule has 5 heteroatoms. The minimum absolute atomic E-state index is 0.0612. The van der Waals surface area contributed by atoms with E-state index < -0.39 is 6.04 Å². The highest BCUT2D eigenvalue weighted by molar-refractivity contribution is 5.83. The van der Waals surface area contributed by atoms with E-state index in [-0.39, 0.29) is 17.7 Å². The van der Waals surface area contributed by atoms with E-state index in [1.807, 2.05) is 13.0 Å². The maximum Gasteiger partial charge on any atom is 0.237 e. The van der Waals surface area contributed by atoms with Gasteiger partial charge in [-0.15, -0.1) is 0 Å². The number of nitrogens with one attached hydrogen (secondary N) is 1. The van der Waals surface area contributed by atoms with Crippen LogP contribution in [0.2, 0.25) is 0 Å². The van der Waals surface area contributed by atoms with E-state index in [0.717, 1.165) is 55.5 Å². The highest BCUT2D eigenvalue weighted by Crippen LogP contribution is 2.35. The van der Waals surface area contributed by atoms with Gasteiger partial charge in [0.1, 0.15) is 5.75 Å². The van der Waals surface area contributed by atoms with Crippen molar-refractivity contribution in [2.24, 2.45) is 5.73 Å². The van der Waals surface area contributed by atoms with E-state index in [1.54, 1.807) is 12.1 Å². The fourth-order valence-electron chi connectivity index (χ4n) is 5.39. The third-order valence-electron chi connectivity index (χ3n) is 7.25. The van der Waals surface area contributed by atoms with Crippen molar-refractivity contribution in [3.8, 4) is 5.75 Å². The summed E-state index contributed by atoms with van der Waals surface area (Å²) in [6.07, 6.45) is 4.04. The second-order valence-corrected chi connectivity index (χ2v) is 9.96. The van der Waals surface area contributed by atoms with Gasteiger partial charge >= 0.3 is 0 Å². The number of amides is 1. The SMILES string of the molecule is CCCN1CC[C@@H](NC(=O)[C@@H](N)Cc2c(C)cc(O)cc2CC)c2cc(Cc3ccccc3)ccc21. The first-order chi connectivity index (χ1) is 17.4. The van der Waals surface area contributed by atoms with Crippen molar-refractivity contribution in [1.82, 2.24) is 5.32 Å². The molecular weight excluding hydrogens is 446 g/mol. The molecule has 0 saturated carbocycles. The van der Waals surface area contributed by atoms with Gasteiger partial charge in [-0.3, -0.25) is 4.79 Å². The number of hydrogen-bond donors (Lipinski definition) is 3. The second-order valence-electron chi connectivity index (χ2n) is 9.96. The summed E-state index contributed by atoms with van der Waals surface area (Å²) in [5.41, 5.74) is 14.4. The quantitative estimate of drug-likeness (QED) is 0.389. The van der Waals surface area contributed by atoms with Crippen LogP contribution < -0.4 is 16.0 Å². The minimum atomic E-state index is -0.650. The van der Waals surface area contributed by atoms with Crippen molar-refractivity contribution in [2.75, 3.05) is 18.0 Å². The van der Waals surface area contributed by atoms with Gasteiger partial charge < -0.3 is 21.1 Å². The largest absolute Gasteiger partial charge is 0.508 e. The molecule has 0 saturated heterocycles. The van der Waals surface area contributed by atoms with Gasteiger partial charge in [-0.2, -0.15) is 0 Å². The lowest BCUT2D eigenvalue weighted by molar-refractivity contribution is -0.123. The van der Waals surface area contributed by atoms with Gasteiger partial charge in [0.2, 0.25) is 5.91 Å². The molecule has 4 rings (SSSR count). The first-order valence-corrected chi connectivity index (χ1v) is 13.2. The summed E-state index contributed by atoms with van der Waals surface area (Å²) in [7, 11) is 0. The zero-order valence-corrected chi connectivity index (χ0v) is 21.8. The molecule has 1 aliphatic rings. The van der Waals surface area contributed by atoms with Crippen LogP contribution in [-0.2, 0) is 24.1 Å². The molecule has 3 aromatic rings. The van der Waals surface area contributed by atoms with Gasteiger partial charge in [0.25, 0.3) is 0 Å². The normalized spacial score (nSPS) is 15.9. The number of aromatic hydroxyl groups is 1. The molecular formula is C31H39N3O2.